The van der Waals surface area contributed by atoms with Gasteiger partial charge in [-0.25, -0.2) is 9.98 Å². The van der Waals surface area contributed by atoms with Crippen molar-refractivity contribution in [3.8, 4) is 11.6 Å². The molecule has 30 heavy (non-hydrogen) atoms. The molecular weight excluding hydrogens is 380 g/mol. The third-order valence-electron chi connectivity index (χ3n) is 4.21. The Morgan fingerprint density at radius 3 is 2.63 bits per heavy atom. The van der Waals surface area contributed by atoms with E-state index < -0.39 is 0 Å². The van der Waals surface area contributed by atoms with Crippen LogP contribution < -0.4 is 20.1 Å². The molecule has 0 aliphatic carbocycles. The zero-order valence-electron chi connectivity index (χ0n) is 18.5. The van der Waals surface area contributed by atoms with Gasteiger partial charge in [-0.2, -0.15) is 0 Å². The van der Waals surface area contributed by atoms with E-state index in [0.717, 1.165) is 34.9 Å². The van der Waals surface area contributed by atoms with Gasteiger partial charge < -0.3 is 24.8 Å². The summed E-state index contributed by atoms with van der Waals surface area (Å²) in [6, 6.07) is 10.1. The van der Waals surface area contributed by atoms with Crippen LogP contribution in [-0.4, -0.2) is 43.9 Å². The summed E-state index contributed by atoms with van der Waals surface area (Å²) in [5, 5.41) is 6.67. The number of aliphatic imine (C=N–C) groups is 1. The van der Waals surface area contributed by atoms with E-state index in [4.69, 9.17) is 14.2 Å². The molecule has 164 valence electrons. The lowest BCUT2D eigenvalue weighted by molar-refractivity contribution is 0.110. The van der Waals surface area contributed by atoms with Crippen LogP contribution in [0.2, 0.25) is 0 Å². The molecule has 0 spiro atoms. The number of rotatable bonds is 12. The predicted molar refractivity (Wildman–Crippen MR) is 120 cm³/mol. The molecule has 7 nitrogen and oxygen atoms in total. The average molecular weight is 415 g/mol. The third kappa shape index (κ3) is 8.29. The molecule has 0 amide bonds. The van der Waals surface area contributed by atoms with Gasteiger partial charge in [0.2, 0.25) is 5.88 Å². The van der Waals surface area contributed by atoms with Gasteiger partial charge in [-0.15, -0.1) is 0 Å². The van der Waals surface area contributed by atoms with Crippen LogP contribution in [0.3, 0.4) is 0 Å². The van der Waals surface area contributed by atoms with E-state index in [-0.39, 0.29) is 0 Å². The Bertz CT molecular complexity index is 796. The normalized spacial score (nSPS) is 11.3. The maximum atomic E-state index is 5.93. The fourth-order valence-electron chi connectivity index (χ4n) is 2.76. The van der Waals surface area contributed by atoms with Crippen LogP contribution in [0.1, 0.15) is 37.5 Å². The summed E-state index contributed by atoms with van der Waals surface area (Å²) in [6.07, 6.45) is 1.74. The second kappa shape index (κ2) is 13.4. The van der Waals surface area contributed by atoms with Gasteiger partial charge in [0.05, 0.1) is 19.8 Å². The minimum absolute atomic E-state index is 0.530. The average Bonchev–Trinajstić information content (AvgIpc) is 2.75. The number of benzene rings is 1. The minimum Gasteiger partial charge on any atom is -0.491 e. The Labute approximate surface area is 179 Å². The topological polar surface area (TPSA) is 77.0 Å². The van der Waals surface area contributed by atoms with Gasteiger partial charge in [-0.05, 0) is 51.0 Å². The second-order valence-corrected chi connectivity index (χ2v) is 6.64. The Hall–Kier alpha value is -2.80. The molecule has 0 atom stereocenters. The maximum Gasteiger partial charge on any atom is 0.213 e. The van der Waals surface area contributed by atoms with Crippen LogP contribution in [0, 0.1) is 6.92 Å². The molecule has 0 saturated carbocycles. The number of aromatic nitrogens is 1. The van der Waals surface area contributed by atoms with Gasteiger partial charge in [0, 0.05) is 37.5 Å². The number of hydrogen-bond donors (Lipinski definition) is 2. The van der Waals surface area contributed by atoms with Crippen molar-refractivity contribution in [3.05, 3.63) is 53.2 Å². The number of ether oxygens (including phenoxy) is 3. The fraction of sp³-hybridized carbons (Fsp3) is 0.478. The van der Waals surface area contributed by atoms with E-state index in [2.05, 4.69) is 45.7 Å². The monoisotopic (exact) mass is 414 g/mol. The van der Waals surface area contributed by atoms with E-state index in [9.17, 15) is 0 Å². The highest BCUT2D eigenvalue weighted by atomic mass is 16.5. The smallest absolute Gasteiger partial charge is 0.213 e. The third-order valence-corrected chi connectivity index (χ3v) is 4.21. The van der Waals surface area contributed by atoms with Crippen LogP contribution >= 0.6 is 0 Å². The number of nitrogens with one attached hydrogen (secondary N) is 2. The molecule has 0 bridgehead atoms. The molecular formula is C23H34N4O3. The lowest BCUT2D eigenvalue weighted by atomic mass is 10.1. The quantitative estimate of drug-likeness (QED) is 0.315. The lowest BCUT2D eigenvalue weighted by Gasteiger charge is -2.15. The first-order valence-electron chi connectivity index (χ1n) is 10.6. The van der Waals surface area contributed by atoms with Gasteiger partial charge >= 0.3 is 0 Å². The summed E-state index contributed by atoms with van der Waals surface area (Å²) < 4.78 is 16.8. The number of guanidine groups is 1. The Morgan fingerprint density at radius 2 is 1.87 bits per heavy atom. The first-order chi connectivity index (χ1) is 14.7. The lowest BCUT2D eigenvalue weighted by Crippen LogP contribution is -2.36. The summed E-state index contributed by atoms with van der Waals surface area (Å²) >= 11 is 0. The van der Waals surface area contributed by atoms with Gasteiger partial charge in [0.1, 0.15) is 12.4 Å². The molecule has 0 saturated heterocycles. The SMILES string of the molecule is CCNC(=NCc1ccnc(OCC)c1)NCc1ccc(C)cc1OCCOCC. The summed E-state index contributed by atoms with van der Waals surface area (Å²) in [4.78, 5) is 8.88. The molecule has 7 heteroatoms. The Balaban J connectivity index is 2.01. The van der Waals surface area contributed by atoms with E-state index in [1.807, 2.05) is 32.9 Å². The van der Waals surface area contributed by atoms with E-state index in [1.54, 1.807) is 6.20 Å². The van der Waals surface area contributed by atoms with Gasteiger partial charge in [-0.1, -0.05) is 12.1 Å². The van der Waals surface area contributed by atoms with Crippen molar-refractivity contribution in [2.75, 3.05) is 33.0 Å². The number of pyridine rings is 1. The Kier molecular flexibility index (Phi) is 10.5. The highest BCUT2D eigenvalue weighted by Gasteiger charge is 2.06. The van der Waals surface area contributed by atoms with Crippen molar-refractivity contribution >= 4 is 5.96 Å². The van der Waals surface area contributed by atoms with E-state index >= 15 is 0 Å². The Morgan fingerprint density at radius 1 is 1.00 bits per heavy atom. The molecule has 1 aromatic heterocycles. The highest BCUT2D eigenvalue weighted by Crippen LogP contribution is 2.20. The minimum atomic E-state index is 0.530. The fourth-order valence-corrected chi connectivity index (χ4v) is 2.76. The van der Waals surface area contributed by atoms with Crippen molar-refractivity contribution in [1.29, 1.82) is 0 Å². The molecule has 0 aliphatic heterocycles. The molecule has 1 heterocycles. The van der Waals surface area contributed by atoms with Crippen LogP contribution in [0.4, 0.5) is 0 Å². The molecule has 0 radical (unpaired) electrons. The second-order valence-electron chi connectivity index (χ2n) is 6.64. The highest BCUT2D eigenvalue weighted by molar-refractivity contribution is 5.79. The summed E-state index contributed by atoms with van der Waals surface area (Å²) in [5.41, 5.74) is 3.28. The summed E-state index contributed by atoms with van der Waals surface area (Å²) in [5.74, 6) is 2.23. The number of aryl methyl sites for hydroxylation is 1. The first-order valence-corrected chi connectivity index (χ1v) is 10.6. The standard InChI is InChI=1S/C23H34N4O3/c1-5-24-23(26-16-19-10-11-25-22(15-19)29-7-3)27-17-20-9-8-18(4)14-21(20)30-13-12-28-6-2/h8-11,14-15H,5-7,12-13,16-17H2,1-4H3,(H2,24,26,27). The van der Waals surface area contributed by atoms with Crippen LogP contribution in [0.25, 0.3) is 0 Å². The maximum absolute atomic E-state index is 5.93. The van der Waals surface area contributed by atoms with Crippen LogP contribution in [0.15, 0.2) is 41.5 Å². The zero-order valence-corrected chi connectivity index (χ0v) is 18.5. The zero-order chi connectivity index (χ0) is 21.6. The summed E-state index contributed by atoms with van der Waals surface area (Å²) in [6.45, 7) is 12.3. The van der Waals surface area contributed by atoms with Crippen LogP contribution in [-0.2, 0) is 17.8 Å². The van der Waals surface area contributed by atoms with Gasteiger partial charge in [-0.3, -0.25) is 0 Å². The van der Waals surface area contributed by atoms with E-state index in [1.165, 1.54) is 0 Å². The number of nitrogens with zero attached hydrogens (tertiary/aromatic N) is 2. The van der Waals surface area contributed by atoms with Crippen molar-refractivity contribution < 1.29 is 14.2 Å². The molecule has 1 aromatic carbocycles. The molecule has 0 unspecified atom stereocenters. The van der Waals surface area contributed by atoms with Crippen molar-refractivity contribution in [2.24, 2.45) is 4.99 Å². The molecule has 0 aliphatic rings. The van der Waals surface area contributed by atoms with Crippen molar-refractivity contribution in [2.45, 2.75) is 40.8 Å². The van der Waals surface area contributed by atoms with Crippen LogP contribution in [0.5, 0.6) is 11.6 Å². The van der Waals surface area contributed by atoms with Crippen molar-refractivity contribution in [3.63, 3.8) is 0 Å². The summed E-state index contributed by atoms with van der Waals surface area (Å²) in [7, 11) is 0. The van der Waals surface area contributed by atoms with Crippen molar-refractivity contribution in [1.82, 2.24) is 15.6 Å². The first kappa shape index (κ1) is 23.5. The van der Waals surface area contributed by atoms with Gasteiger partial charge in [0.25, 0.3) is 0 Å². The molecule has 2 aromatic rings. The van der Waals surface area contributed by atoms with E-state index in [0.29, 0.717) is 45.4 Å². The molecule has 2 N–H and O–H groups in total. The largest absolute Gasteiger partial charge is 0.491 e. The molecule has 2 rings (SSSR count). The predicted octanol–water partition coefficient (Wildman–Crippen LogP) is 3.46. The molecule has 0 fully saturated rings. The number of hydrogen-bond acceptors (Lipinski definition) is 5. The van der Waals surface area contributed by atoms with Gasteiger partial charge in [0.15, 0.2) is 5.96 Å².